The van der Waals surface area contributed by atoms with Gasteiger partial charge in [0.2, 0.25) is 0 Å². The molecule has 1 rings (SSSR count). The lowest BCUT2D eigenvalue weighted by molar-refractivity contribution is -0.384. The molecule has 0 bridgehead atoms. The number of nitrogens with zero attached hydrogens (tertiary/aromatic N) is 2. The maximum atomic E-state index is 11.0. The van der Waals surface area contributed by atoms with Crippen LogP contribution >= 0.6 is 0 Å². The molecule has 17 heavy (non-hydrogen) atoms. The summed E-state index contributed by atoms with van der Waals surface area (Å²) in [5.41, 5.74) is 1.75. The van der Waals surface area contributed by atoms with Crippen LogP contribution in [0.1, 0.15) is 19.8 Å². The Labute approximate surface area is 103 Å². The lowest BCUT2D eigenvalue weighted by Gasteiger charge is -2.19. The van der Waals surface area contributed by atoms with Gasteiger partial charge in [-0.3, -0.25) is 10.1 Å². The number of nitro benzene ring substituents is 1. The molecule has 0 spiro atoms. The van der Waals surface area contributed by atoms with E-state index < -0.39 is 0 Å². The first-order valence-corrected chi connectivity index (χ1v) is 5.89. The number of rotatable bonds is 6. The fourth-order valence-electron chi connectivity index (χ4n) is 1.70. The Kier molecular flexibility index (Phi) is 5.00. The third kappa shape index (κ3) is 3.48. The van der Waals surface area contributed by atoms with Crippen LogP contribution in [0.3, 0.4) is 0 Å². The second kappa shape index (κ2) is 6.28. The summed E-state index contributed by atoms with van der Waals surface area (Å²) in [6.45, 7) is 4.82. The second-order valence-corrected chi connectivity index (χ2v) is 4.07. The Bertz CT molecular complexity index is 396. The third-order valence-electron chi connectivity index (χ3n) is 2.79. The zero-order chi connectivity index (χ0) is 12.8. The fourth-order valence-corrected chi connectivity index (χ4v) is 1.70. The molecule has 0 unspecified atom stereocenters. The maximum Gasteiger partial charge on any atom is 0.291 e. The van der Waals surface area contributed by atoms with Crippen LogP contribution in [-0.4, -0.2) is 25.8 Å². The number of benzene rings is 1. The van der Waals surface area contributed by atoms with Gasteiger partial charge in [0, 0.05) is 19.7 Å². The zero-order valence-electron chi connectivity index (χ0n) is 10.6. The molecule has 91 valence electrons. The molecule has 5 heteroatoms. The van der Waals surface area contributed by atoms with Gasteiger partial charge in [-0.2, -0.15) is 0 Å². The van der Waals surface area contributed by atoms with Gasteiger partial charge in [-0.1, -0.05) is 31.7 Å². The third-order valence-corrected chi connectivity index (χ3v) is 2.79. The lowest BCUT2D eigenvalue weighted by Crippen LogP contribution is -2.21. The fraction of sp³-hybridized carbons (Fsp3) is 0.500. The van der Waals surface area contributed by atoms with Crippen molar-refractivity contribution < 1.29 is 4.92 Å². The van der Waals surface area contributed by atoms with Crippen LogP contribution in [0.4, 0.5) is 11.4 Å². The molecule has 0 saturated carbocycles. The van der Waals surface area contributed by atoms with Gasteiger partial charge in [0.25, 0.3) is 5.69 Å². The molecule has 4 nitrogen and oxygen atoms in total. The van der Waals surface area contributed by atoms with Gasteiger partial charge in [-0.15, -0.1) is 0 Å². The standard InChI is InChI=1S/C12H18BN2O2/c1-4-5-8-14(3)11-7-6-10(13-2)9-12(11)15(16)17/h6-7,9H,4-5,8H2,1-3H3. The average Bonchev–Trinajstić information content (AvgIpc) is 2.35. The Morgan fingerprint density at radius 2 is 2.18 bits per heavy atom. The van der Waals surface area contributed by atoms with E-state index in [1.165, 1.54) is 0 Å². The van der Waals surface area contributed by atoms with Crippen molar-refractivity contribution in [2.45, 2.75) is 26.6 Å². The molecule has 1 aromatic carbocycles. The number of nitro groups is 1. The zero-order valence-corrected chi connectivity index (χ0v) is 10.6. The number of anilines is 1. The Morgan fingerprint density at radius 1 is 1.47 bits per heavy atom. The highest BCUT2D eigenvalue weighted by Gasteiger charge is 2.17. The summed E-state index contributed by atoms with van der Waals surface area (Å²) < 4.78 is 0. The largest absolute Gasteiger partial charge is 0.369 e. The molecule has 0 atom stereocenters. The van der Waals surface area contributed by atoms with Crippen molar-refractivity contribution in [3.8, 4) is 0 Å². The molecule has 0 saturated heterocycles. The van der Waals surface area contributed by atoms with Crippen LogP contribution in [0.2, 0.25) is 6.82 Å². The van der Waals surface area contributed by atoms with Crippen LogP contribution < -0.4 is 10.4 Å². The molecule has 0 fully saturated rings. The highest BCUT2D eigenvalue weighted by molar-refractivity contribution is 6.52. The average molecular weight is 233 g/mol. The lowest BCUT2D eigenvalue weighted by atomic mass is 9.73. The van der Waals surface area contributed by atoms with Gasteiger partial charge < -0.3 is 4.90 Å². The molecule has 0 aliphatic heterocycles. The first kappa shape index (κ1) is 13.5. The van der Waals surface area contributed by atoms with Crippen molar-refractivity contribution >= 4 is 24.1 Å². The van der Waals surface area contributed by atoms with E-state index in [9.17, 15) is 10.1 Å². The van der Waals surface area contributed by atoms with Crippen molar-refractivity contribution in [3.05, 3.63) is 28.3 Å². The van der Waals surface area contributed by atoms with Gasteiger partial charge in [-0.25, -0.2) is 0 Å². The van der Waals surface area contributed by atoms with Crippen molar-refractivity contribution in [1.82, 2.24) is 0 Å². The summed E-state index contributed by atoms with van der Waals surface area (Å²) in [6, 6.07) is 5.35. The molecule has 0 amide bonds. The van der Waals surface area contributed by atoms with Crippen molar-refractivity contribution in [2.24, 2.45) is 0 Å². The molecule has 0 aromatic heterocycles. The predicted molar refractivity (Wildman–Crippen MR) is 72.5 cm³/mol. The predicted octanol–water partition coefficient (Wildman–Crippen LogP) is 2.21. The van der Waals surface area contributed by atoms with Crippen molar-refractivity contribution in [2.75, 3.05) is 18.5 Å². The van der Waals surface area contributed by atoms with E-state index in [1.807, 2.05) is 38.2 Å². The smallest absolute Gasteiger partial charge is 0.291 e. The molecule has 0 heterocycles. The topological polar surface area (TPSA) is 46.4 Å². The normalized spacial score (nSPS) is 10.1. The minimum atomic E-state index is -0.315. The molecule has 0 aliphatic rings. The van der Waals surface area contributed by atoms with Crippen molar-refractivity contribution in [3.63, 3.8) is 0 Å². The van der Waals surface area contributed by atoms with Gasteiger partial charge in [0.15, 0.2) is 0 Å². The van der Waals surface area contributed by atoms with Crippen LogP contribution in [0.25, 0.3) is 0 Å². The van der Waals surface area contributed by atoms with E-state index in [2.05, 4.69) is 6.92 Å². The Morgan fingerprint density at radius 3 is 2.71 bits per heavy atom. The van der Waals surface area contributed by atoms with Crippen LogP contribution in [0, 0.1) is 10.1 Å². The quantitative estimate of drug-likeness (QED) is 0.430. The summed E-state index contributed by atoms with van der Waals surface area (Å²) in [5.74, 6) is 0. The first-order chi connectivity index (χ1) is 8.10. The van der Waals surface area contributed by atoms with Crippen LogP contribution in [0.5, 0.6) is 0 Å². The summed E-state index contributed by atoms with van der Waals surface area (Å²) in [4.78, 5) is 12.7. The maximum absolute atomic E-state index is 11.0. The minimum Gasteiger partial charge on any atom is -0.369 e. The van der Waals surface area contributed by atoms with Crippen LogP contribution in [0.15, 0.2) is 18.2 Å². The highest BCUT2D eigenvalue weighted by Crippen LogP contribution is 2.25. The number of hydrogen-bond acceptors (Lipinski definition) is 3. The summed E-state index contributed by atoms with van der Waals surface area (Å²) in [7, 11) is 3.76. The summed E-state index contributed by atoms with van der Waals surface area (Å²) in [6.07, 6.45) is 2.12. The molecule has 1 aromatic rings. The summed E-state index contributed by atoms with van der Waals surface area (Å²) in [5, 5.41) is 11.0. The van der Waals surface area contributed by atoms with E-state index in [0.29, 0.717) is 5.69 Å². The minimum absolute atomic E-state index is 0.180. The van der Waals surface area contributed by atoms with Gasteiger partial charge in [0.05, 0.1) is 4.92 Å². The second-order valence-electron chi connectivity index (χ2n) is 4.07. The molecule has 1 radical (unpaired) electrons. The Balaban J connectivity index is 3.01. The van der Waals surface area contributed by atoms with Gasteiger partial charge in [0.1, 0.15) is 13.0 Å². The first-order valence-electron chi connectivity index (χ1n) is 5.89. The van der Waals surface area contributed by atoms with E-state index in [0.717, 1.165) is 24.8 Å². The van der Waals surface area contributed by atoms with Crippen molar-refractivity contribution in [1.29, 1.82) is 0 Å². The number of unbranched alkanes of at least 4 members (excludes halogenated alkanes) is 1. The number of hydrogen-bond donors (Lipinski definition) is 0. The highest BCUT2D eigenvalue weighted by atomic mass is 16.6. The van der Waals surface area contributed by atoms with E-state index in [-0.39, 0.29) is 10.6 Å². The van der Waals surface area contributed by atoms with Gasteiger partial charge in [-0.05, 0) is 12.5 Å². The molecule has 0 aliphatic carbocycles. The Hall–Kier alpha value is -1.52. The SMILES string of the molecule is C[B]c1ccc(N(C)CCCC)c([N+](=O)[O-])c1. The van der Waals surface area contributed by atoms with Gasteiger partial charge >= 0.3 is 0 Å². The molecular formula is C12H18BN2O2. The van der Waals surface area contributed by atoms with E-state index in [4.69, 9.17) is 0 Å². The summed E-state index contributed by atoms with van der Waals surface area (Å²) >= 11 is 0. The van der Waals surface area contributed by atoms with E-state index in [1.54, 1.807) is 6.07 Å². The van der Waals surface area contributed by atoms with Crippen LogP contribution in [-0.2, 0) is 0 Å². The molecule has 0 N–H and O–H groups in total. The molecular weight excluding hydrogens is 215 g/mol. The van der Waals surface area contributed by atoms with E-state index >= 15 is 0 Å². The monoisotopic (exact) mass is 233 g/mol.